The van der Waals surface area contributed by atoms with Crippen LogP contribution in [0.3, 0.4) is 0 Å². The number of ether oxygens (including phenoxy) is 1. The second-order valence-corrected chi connectivity index (χ2v) is 12.0. The average Bonchev–Trinajstić information content (AvgIpc) is 3.00. The fourth-order valence-corrected chi connectivity index (χ4v) is 6.60. The molecule has 2 aromatic carbocycles. The largest absolute Gasteiger partial charge is 0.483 e. The molecule has 1 aromatic heterocycles. The van der Waals surface area contributed by atoms with E-state index in [2.05, 4.69) is 69.2 Å². The van der Waals surface area contributed by atoms with Crippen LogP contribution in [-0.2, 0) is 6.54 Å². The molecule has 216 valence electrons. The summed E-state index contributed by atoms with van der Waals surface area (Å²) < 4.78 is 8.11. The molecule has 0 amide bonds. The summed E-state index contributed by atoms with van der Waals surface area (Å²) in [6.45, 7) is 10.1. The number of likely N-dealkylation sites (tertiary alicyclic amines) is 1. The Balaban J connectivity index is 1.15. The van der Waals surface area contributed by atoms with Gasteiger partial charge in [-0.3, -0.25) is 14.6 Å². The van der Waals surface area contributed by atoms with E-state index in [1.165, 1.54) is 23.1 Å². The highest BCUT2D eigenvalue weighted by Crippen LogP contribution is 2.30. The van der Waals surface area contributed by atoms with Crippen molar-refractivity contribution in [2.45, 2.75) is 45.3 Å². The lowest BCUT2D eigenvalue weighted by atomic mass is 9.87. The highest BCUT2D eigenvalue weighted by Gasteiger charge is 2.28. The minimum Gasteiger partial charge on any atom is -0.483 e. The summed E-state index contributed by atoms with van der Waals surface area (Å²) in [5.74, 6) is 1.87. The van der Waals surface area contributed by atoms with E-state index < -0.39 is 0 Å². The zero-order valence-electron chi connectivity index (χ0n) is 24.3. The van der Waals surface area contributed by atoms with Crippen molar-refractivity contribution in [3.63, 3.8) is 0 Å². The fourth-order valence-electron chi connectivity index (χ4n) is 6.60. The van der Waals surface area contributed by atoms with Crippen LogP contribution in [0.5, 0.6) is 5.75 Å². The normalized spacial score (nSPS) is 22.6. The van der Waals surface area contributed by atoms with Crippen molar-refractivity contribution >= 4 is 5.69 Å². The molecular weight excluding hydrogens is 510 g/mol. The second-order valence-electron chi connectivity index (χ2n) is 12.0. The summed E-state index contributed by atoms with van der Waals surface area (Å²) in [4.78, 5) is 21.3. The lowest BCUT2D eigenvalue weighted by Gasteiger charge is -2.39. The number of hydrogen-bond donors (Lipinski definition) is 0. The summed E-state index contributed by atoms with van der Waals surface area (Å²) in [6.07, 6.45) is 10.9. The van der Waals surface area contributed by atoms with Gasteiger partial charge in [0.25, 0.3) is 0 Å². The summed E-state index contributed by atoms with van der Waals surface area (Å²) in [5, 5.41) is 4.61. The van der Waals surface area contributed by atoms with Crippen LogP contribution in [0.25, 0.3) is 5.69 Å². The minimum absolute atomic E-state index is 0.0164. The van der Waals surface area contributed by atoms with Gasteiger partial charge in [-0.1, -0.05) is 67.6 Å². The maximum absolute atomic E-state index is 13.9. The number of rotatable bonds is 8. The van der Waals surface area contributed by atoms with Crippen LogP contribution in [0.4, 0.5) is 5.69 Å². The molecule has 3 aliphatic rings. The average molecular weight is 554 g/mol. The summed E-state index contributed by atoms with van der Waals surface area (Å²) in [5.41, 5.74) is 2.75. The molecular formula is C34H43N5O2. The smallest absolute Gasteiger partial charge is 0.316 e. The molecule has 3 heterocycles. The zero-order valence-corrected chi connectivity index (χ0v) is 24.3. The Morgan fingerprint density at radius 3 is 2.29 bits per heavy atom. The van der Waals surface area contributed by atoms with E-state index in [1.807, 2.05) is 36.5 Å². The summed E-state index contributed by atoms with van der Waals surface area (Å²) >= 11 is 0. The first-order valence-electron chi connectivity index (χ1n) is 15.4. The third-order valence-corrected chi connectivity index (χ3v) is 8.85. The number of para-hydroxylation sites is 1. The molecule has 0 N–H and O–H groups in total. The molecule has 3 aromatic rings. The molecule has 2 atom stereocenters. The van der Waals surface area contributed by atoms with Crippen molar-refractivity contribution in [3.8, 4) is 11.4 Å². The van der Waals surface area contributed by atoms with E-state index in [-0.39, 0.29) is 11.7 Å². The molecule has 2 unspecified atom stereocenters. The maximum atomic E-state index is 13.9. The number of hydrogen-bond acceptors (Lipinski definition) is 6. The van der Waals surface area contributed by atoms with E-state index in [0.717, 1.165) is 82.5 Å². The summed E-state index contributed by atoms with van der Waals surface area (Å²) in [7, 11) is 0. The van der Waals surface area contributed by atoms with Crippen molar-refractivity contribution in [2.24, 2.45) is 11.8 Å². The van der Waals surface area contributed by atoms with Crippen molar-refractivity contribution in [3.05, 3.63) is 94.9 Å². The van der Waals surface area contributed by atoms with Gasteiger partial charge in [0, 0.05) is 52.4 Å². The minimum atomic E-state index is -0.175. The number of piperidine rings is 1. The lowest BCUT2D eigenvalue weighted by molar-refractivity contribution is 0.0953. The van der Waals surface area contributed by atoms with Crippen LogP contribution < -0.4 is 15.2 Å². The Bertz CT molecular complexity index is 1340. The van der Waals surface area contributed by atoms with Gasteiger partial charge in [0.15, 0.2) is 0 Å². The van der Waals surface area contributed by atoms with Crippen molar-refractivity contribution in [1.82, 2.24) is 19.6 Å². The van der Waals surface area contributed by atoms with E-state index >= 15 is 0 Å². The molecule has 0 spiro atoms. The first-order chi connectivity index (χ1) is 20.1. The van der Waals surface area contributed by atoms with Crippen LogP contribution in [0.1, 0.15) is 38.2 Å². The Labute approximate surface area is 244 Å². The number of allylic oxidation sites excluding steroid dienone is 2. The quantitative estimate of drug-likeness (QED) is 0.366. The molecule has 0 radical (unpaired) electrons. The molecule has 6 rings (SSSR count). The Hall–Kier alpha value is -3.42. The van der Waals surface area contributed by atoms with E-state index in [0.29, 0.717) is 11.7 Å². The molecule has 0 saturated carbocycles. The van der Waals surface area contributed by atoms with E-state index in [9.17, 15) is 4.79 Å². The van der Waals surface area contributed by atoms with Gasteiger partial charge in [0.2, 0.25) is 5.75 Å². The molecule has 2 fully saturated rings. The number of piperazine rings is 1. The van der Waals surface area contributed by atoms with Crippen LogP contribution in [0.2, 0.25) is 0 Å². The Kier molecular flexibility index (Phi) is 8.82. The SMILES string of the molecule is CC1C=CCC(CN2CCN(c3cnn(-c4ccccc4)c(=O)c3OC3CCN(Cc4ccccc4)CC3)CC2)C1. The molecule has 1 aliphatic carbocycles. The maximum Gasteiger partial charge on any atom is 0.316 e. The van der Waals surface area contributed by atoms with Gasteiger partial charge in [-0.2, -0.15) is 9.78 Å². The molecule has 41 heavy (non-hydrogen) atoms. The van der Waals surface area contributed by atoms with Gasteiger partial charge in [-0.05, 0) is 55.2 Å². The predicted octanol–water partition coefficient (Wildman–Crippen LogP) is 5.00. The first-order valence-corrected chi connectivity index (χ1v) is 15.4. The zero-order chi connectivity index (χ0) is 28.0. The summed E-state index contributed by atoms with van der Waals surface area (Å²) in [6, 6.07) is 20.3. The number of benzene rings is 2. The fraction of sp³-hybridized carbons (Fsp3) is 0.471. The molecule has 7 heteroatoms. The first kappa shape index (κ1) is 27.7. The van der Waals surface area contributed by atoms with Crippen LogP contribution in [0.15, 0.2) is 83.8 Å². The number of nitrogens with zero attached hydrogens (tertiary/aromatic N) is 5. The van der Waals surface area contributed by atoms with E-state index in [1.54, 1.807) is 0 Å². The third-order valence-electron chi connectivity index (χ3n) is 8.85. The van der Waals surface area contributed by atoms with Gasteiger partial charge in [-0.15, -0.1) is 0 Å². The topological polar surface area (TPSA) is 53.8 Å². The molecule has 2 saturated heterocycles. The van der Waals surface area contributed by atoms with Gasteiger partial charge >= 0.3 is 5.56 Å². The standard InChI is InChI=1S/C34H43N5O2/c1-27-9-8-12-29(23-27)26-37-19-21-38(22-20-37)32-24-35-39(30-13-6-3-7-14-30)34(40)33(32)41-31-15-17-36(18-16-31)25-28-10-4-2-5-11-28/h2-11,13-14,24,27,29,31H,12,15-23,25-26H2,1H3. The highest BCUT2D eigenvalue weighted by molar-refractivity contribution is 5.57. The number of aromatic nitrogens is 2. The van der Waals surface area contributed by atoms with Gasteiger partial charge in [-0.25, -0.2) is 0 Å². The molecule has 0 bridgehead atoms. The van der Waals surface area contributed by atoms with Crippen molar-refractivity contribution in [2.75, 3.05) is 50.7 Å². The lowest BCUT2D eigenvalue weighted by Crippen LogP contribution is -2.48. The second kappa shape index (κ2) is 13.0. The molecule has 7 nitrogen and oxygen atoms in total. The Morgan fingerprint density at radius 1 is 0.878 bits per heavy atom. The van der Waals surface area contributed by atoms with Gasteiger partial charge < -0.3 is 9.64 Å². The predicted molar refractivity (Wildman–Crippen MR) is 165 cm³/mol. The van der Waals surface area contributed by atoms with Gasteiger partial charge in [0.05, 0.1) is 11.9 Å². The van der Waals surface area contributed by atoms with Crippen molar-refractivity contribution in [1.29, 1.82) is 0 Å². The van der Waals surface area contributed by atoms with Crippen LogP contribution in [-0.4, -0.2) is 71.5 Å². The van der Waals surface area contributed by atoms with Crippen molar-refractivity contribution < 1.29 is 4.74 Å². The number of anilines is 1. The third kappa shape index (κ3) is 6.91. The van der Waals surface area contributed by atoms with E-state index in [4.69, 9.17) is 4.74 Å². The monoisotopic (exact) mass is 553 g/mol. The highest BCUT2D eigenvalue weighted by atomic mass is 16.5. The molecule has 2 aliphatic heterocycles. The Morgan fingerprint density at radius 2 is 1.59 bits per heavy atom. The van der Waals surface area contributed by atoms with Crippen LogP contribution in [0, 0.1) is 11.8 Å². The van der Waals surface area contributed by atoms with Crippen LogP contribution >= 0.6 is 0 Å². The van der Waals surface area contributed by atoms with Gasteiger partial charge in [0.1, 0.15) is 11.8 Å².